The molecule has 1 atom stereocenters. The molecule has 2 aromatic rings. The van der Waals surface area contributed by atoms with Crippen molar-refractivity contribution in [2.75, 3.05) is 18.6 Å². The number of nitrogens with one attached hydrogen (secondary N) is 1. The summed E-state index contributed by atoms with van der Waals surface area (Å²) in [5.41, 5.74) is 2.77. The van der Waals surface area contributed by atoms with Crippen molar-refractivity contribution in [2.24, 2.45) is 0 Å². The summed E-state index contributed by atoms with van der Waals surface area (Å²) in [7, 11) is 0. The van der Waals surface area contributed by atoms with E-state index in [1.807, 2.05) is 11.8 Å². The second-order valence-electron chi connectivity index (χ2n) is 5.34. The monoisotopic (exact) mass is 299 g/mol. The minimum atomic E-state index is 0.420. The summed E-state index contributed by atoms with van der Waals surface area (Å²) in [5, 5.41) is 3.75. The quantitative estimate of drug-likeness (QED) is 0.767. The van der Waals surface area contributed by atoms with Crippen LogP contribution in [0.3, 0.4) is 0 Å². The van der Waals surface area contributed by atoms with E-state index < -0.39 is 0 Å². The third kappa shape index (κ3) is 4.90. The van der Waals surface area contributed by atoms with Gasteiger partial charge in [0.2, 0.25) is 0 Å². The molecule has 0 aromatic heterocycles. The van der Waals surface area contributed by atoms with E-state index in [4.69, 9.17) is 0 Å². The molecule has 0 bridgehead atoms. The average molecular weight is 299 g/mol. The predicted octanol–water partition coefficient (Wildman–Crippen LogP) is 4.55. The molecule has 0 radical (unpaired) electrons. The number of thioether (sulfide) groups is 1. The second kappa shape index (κ2) is 8.91. The van der Waals surface area contributed by atoms with Crippen molar-refractivity contribution >= 4 is 11.8 Å². The number of hydrogen-bond acceptors (Lipinski definition) is 2. The van der Waals surface area contributed by atoms with Gasteiger partial charge in [0, 0.05) is 24.3 Å². The summed E-state index contributed by atoms with van der Waals surface area (Å²) in [6, 6.07) is 22.2. The zero-order chi connectivity index (χ0) is 14.9. The van der Waals surface area contributed by atoms with E-state index >= 15 is 0 Å². The predicted molar refractivity (Wildman–Crippen MR) is 95.2 cm³/mol. The van der Waals surface area contributed by atoms with Gasteiger partial charge in [0.25, 0.3) is 0 Å². The Balaban J connectivity index is 2.13. The van der Waals surface area contributed by atoms with Crippen LogP contribution in [0.2, 0.25) is 0 Å². The van der Waals surface area contributed by atoms with Crippen LogP contribution >= 0.6 is 11.8 Å². The lowest BCUT2D eigenvalue weighted by Gasteiger charge is -2.23. The van der Waals surface area contributed by atoms with Crippen LogP contribution in [-0.4, -0.2) is 24.6 Å². The fourth-order valence-corrected chi connectivity index (χ4v) is 3.36. The van der Waals surface area contributed by atoms with Gasteiger partial charge in [0.1, 0.15) is 0 Å². The standard InChI is InChI=1S/C19H25NS/c1-3-18(15-21-2)20-14-19(16-10-6-4-7-11-16)17-12-8-5-9-13-17/h4-13,18-20H,3,14-15H2,1-2H3. The molecule has 1 nitrogen and oxygen atoms in total. The SMILES string of the molecule is CCC(CSC)NCC(c1ccccc1)c1ccccc1. The van der Waals surface area contributed by atoms with Crippen molar-refractivity contribution in [2.45, 2.75) is 25.3 Å². The highest BCUT2D eigenvalue weighted by Crippen LogP contribution is 2.24. The lowest BCUT2D eigenvalue weighted by molar-refractivity contribution is 0.523. The summed E-state index contributed by atoms with van der Waals surface area (Å²) < 4.78 is 0. The van der Waals surface area contributed by atoms with Gasteiger partial charge in [0.15, 0.2) is 0 Å². The lowest BCUT2D eigenvalue weighted by atomic mass is 9.91. The fourth-order valence-electron chi connectivity index (χ4n) is 2.61. The molecule has 2 aromatic carbocycles. The summed E-state index contributed by atoms with van der Waals surface area (Å²) in [6.07, 6.45) is 3.35. The third-order valence-electron chi connectivity index (χ3n) is 3.88. The lowest BCUT2D eigenvalue weighted by Crippen LogP contribution is -2.34. The summed E-state index contributed by atoms with van der Waals surface area (Å²) in [5.74, 6) is 1.59. The molecule has 0 heterocycles. The van der Waals surface area contributed by atoms with Crippen LogP contribution < -0.4 is 5.32 Å². The topological polar surface area (TPSA) is 12.0 Å². The van der Waals surface area contributed by atoms with E-state index in [2.05, 4.69) is 79.2 Å². The van der Waals surface area contributed by atoms with Gasteiger partial charge in [-0.1, -0.05) is 67.6 Å². The molecule has 0 aliphatic rings. The molecule has 0 saturated heterocycles. The van der Waals surface area contributed by atoms with Crippen molar-refractivity contribution in [1.29, 1.82) is 0 Å². The summed E-state index contributed by atoms with van der Waals surface area (Å²) in [6.45, 7) is 3.25. The van der Waals surface area contributed by atoms with E-state index in [9.17, 15) is 0 Å². The van der Waals surface area contributed by atoms with Gasteiger partial charge in [-0.3, -0.25) is 0 Å². The van der Waals surface area contributed by atoms with E-state index in [-0.39, 0.29) is 0 Å². The molecule has 0 aliphatic heterocycles. The van der Waals surface area contributed by atoms with Gasteiger partial charge in [0.05, 0.1) is 0 Å². The molecular weight excluding hydrogens is 274 g/mol. The van der Waals surface area contributed by atoms with Gasteiger partial charge >= 0.3 is 0 Å². The van der Waals surface area contributed by atoms with Crippen LogP contribution in [0.1, 0.15) is 30.4 Å². The van der Waals surface area contributed by atoms with Gasteiger partial charge in [-0.05, 0) is 23.8 Å². The molecular formula is C19H25NS. The molecule has 1 N–H and O–H groups in total. The molecule has 0 spiro atoms. The van der Waals surface area contributed by atoms with Crippen molar-refractivity contribution in [1.82, 2.24) is 5.32 Å². The maximum atomic E-state index is 3.75. The highest BCUT2D eigenvalue weighted by molar-refractivity contribution is 7.98. The molecule has 2 heteroatoms. The van der Waals surface area contributed by atoms with Crippen LogP contribution in [0.4, 0.5) is 0 Å². The van der Waals surface area contributed by atoms with E-state index in [0.29, 0.717) is 12.0 Å². The third-order valence-corrected chi connectivity index (χ3v) is 4.61. The first-order valence-corrected chi connectivity index (χ1v) is 9.06. The van der Waals surface area contributed by atoms with Crippen molar-refractivity contribution in [3.63, 3.8) is 0 Å². The summed E-state index contributed by atoms with van der Waals surface area (Å²) in [4.78, 5) is 0. The minimum absolute atomic E-state index is 0.420. The Labute approximate surface area is 133 Å². The maximum Gasteiger partial charge on any atom is 0.0214 e. The van der Waals surface area contributed by atoms with Crippen LogP contribution in [0, 0.1) is 0 Å². The number of hydrogen-bond donors (Lipinski definition) is 1. The smallest absolute Gasteiger partial charge is 0.0214 e. The average Bonchev–Trinajstić information content (AvgIpc) is 2.56. The van der Waals surface area contributed by atoms with Gasteiger partial charge in [-0.15, -0.1) is 0 Å². The van der Waals surface area contributed by atoms with Crippen molar-refractivity contribution in [3.8, 4) is 0 Å². The Morgan fingerprint density at radius 3 is 1.86 bits per heavy atom. The molecule has 0 fully saturated rings. The maximum absolute atomic E-state index is 3.75. The molecule has 2 rings (SSSR count). The molecule has 1 unspecified atom stereocenters. The van der Waals surface area contributed by atoms with E-state index in [0.717, 1.165) is 6.54 Å². The van der Waals surface area contributed by atoms with Gasteiger partial charge in [-0.25, -0.2) is 0 Å². The molecule has 0 amide bonds. The normalized spacial score (nSPS) is 12.5. The summed E-state index contributed by atoms with van der Waals surface area (Å²) >= 11 is 1.92. The largest absolute Gasteiger partial charge is 0.312 e. The Hall–Kier alpha value is -1.25. The Morgan fingerprint density at radius 2 is 1.43 bits per heavy atom. The van der Waals surface area contributed by atoms with Crippen LogP contribution in [-0.2, 0) is 0 Å². The zero-order valence-electron chi connectivity index (χ0n) is 13.0. The van der Waals surface area contributed by atoms with E-state index in [1.165, 1.54) is 23.3 Å². The Kier molecular flexibility index (Phi) is 6.84. The van der Waals surface area contributed by atoms with Crippen LogP contribution in [0.25, 0.3) is 0 Å². The molecule has 112 valence electrons. The first-order chi connectivity index (χ1) is 10.3. The molecule has 0 saturated carbocycles. The van der Waals surface area contributed by atoms with Gasteiger partial charge in [-0.2, -0.15) is 11.8 Å². The number of benzene rings is 2. The highest BCUT2D eigenvalue weighted by Gasteiger charge is 2.15. The van der Waals surface area contributed by atoms with Gasteiger partial charge < -0.3 is 5.32 Å². The Bertz CT molecular complexity index is 458. The fraction of sp³-hybridized carbons (Fsp3) is 0.368. The zero-order valence-corrected chi connectivity index (χ0v) is 13.8. The van der Waals surface area contributed by atoms with Crippen LogP contribution in [0.15, 0.2) is 60.7 Å². The number of rotatable bonds is 8. The minimum Gasteiger partial charge on any atom is -0.312 e. The van der Waals surface area contributed by atoms with E-state index in [1.54, 1.807) is 0 Å². The highest BCUT2D eigenvalue weighted by atomic mass is 32.2. The van der Waals surface area contributed by atoms with Crippen LogP contribution in [0.5, 0.6) is 0 Å². The molecule has 21 heavy (non-hydrogen) atoms. The van der Waals surface area contributed by atoms with Crippen molar-refractivity contribution < 1.29 is 0 Å². The first kappa shape index (κ1) is 16.1. The first-order valence-electron chi connectivity index (χ1n) is 7.67. The second-order valence-corrected chi connectivity index (χ2v) is 6.25. The Morgan fingerprint density at radius 1 is 0.905 bits per heavy atom. The van der Waals surface area contributed by atoms with Crippen molar-refractivity contribution in [3.05, 3.63) is 71.8 Å². The molecule has 0 aliphatic carbocycles.